The zero-order valence-electron chi connectivity index (χ0n) is 24.8. The number of likely N-dealkylation sites (tertiary alicyclic amines) is 1. The minimum absolute atomic E-state index is 0.0350. The molecule has 2 N–H and O–H groups in total. The zero-order chi connectivity index (χ0) is 30.0. The fourth-order valence-corrected chi connectivity index (χ4v) is 5.07. The van der Waals surface area contributed by atoms with E-state index >= 15 is 0 Å². The van der Waals surface area contributed by atoms with Gasteiger partial charge in [-0.3, -0.25) is 4.98 Å². The number of carbonyl (C=O) groups is 2. The molecule has 1 aliphatic rings. The van der Waals surface area contributed by atoms with Crippen LogP contribution in [-0.2, 0) is 16.5 Å². The lowest BCUT2D eigenvalue weighted by atomic mass is 9.89. The molecule has 4 heterocycles. The lowest BCUT2D eigenvalue weighted by molar-refractivity contribution is 0.0204. The van der Waals surface area contributed by atoms with Gasteiger partial charge in [0.05, 0.1) is 24.3 Å². The largest absolute Gasteiger partial charge is 0.464 e. The van der Waals surface area contributed by atoms with Gasteiger partial charge in [-0.25, -0.2) is 24.5 Å². The SMILES string of the molecule is CNc1nc(Nc2cccc(C3CCN(C(=O)OC(C)(C)C)CC3)c2)c(C(=O)OC)nc1-c1nc2ccncc2n1C. The molecule has 1 aromatic carbocycles. The molecule has 0 aliphatic carbocycles. The summed E-state index contributed by atoms with van der Waals surface area (Å²) in [5.41, 5.74) is 3.39. The Morgan fingerprint density at radius 2 is 1.81 bits per heavy atom. The highest BCUT2D eigenvalue weighted by atomic mass is 16.6. The standard InChI is InChI=1S/C30H36N8O4/c1-30(2,3)42-29(40)38-14-11-18(12-15-38)19-8-7-9-20(16-19)33-26-24(28(39)41-6)35-23(25(31-4)36-26)27-34-21-10-13-32-17-22(21)37(27)5/h7-10,13,16-18H,11-12,14-15H2,1-6H3,(H2,31,33,36). The van der Waals surface area contributed by atoms with Gasteiger partial charge in [-0.1, -0.05) is 12.1 Å². The summed E-state index contributed by atoms with van der Waals surface area (Å²) in [6.07, 6.45) is 4.77. The average Bonchev–Trinajstić information content (AvgIpc) is 3.32. The number of ether oxygens (including phenoxy) is 2. The van der Waals surface area contributed by atoms with Gasteiger partial charge < -0.3 is 29.6 Å². The first-order valence-electron chi connectivity index (χ1n) is 13.9. The van der Waals surface area contributed by atoms with Crippen molar-refractivity contribution in [2.75, 3.05) is 37.9 Å². The van der Waals surface area contributed by atoms with E-state index in [9.17, 15) is 9.59 Å². The Bertz CT molecular complexity index is 1620. The van der Waals surface area contributed by atoms with Gasteiger partial charge in [0.2, 0.25) is 0 Å². The highest BCUT2D eigenvalue weighted by Gasteiger charge is 2.28. The van der Waals surface area contributed by atoms with Crippen LogP contribution < -0.4 is 10.6 Å². The van der Waals surface area contributed by atoms with Crippen molar-refractivity contribution in [3.8, 4) is 11.5 Å². The van der Waals surface area contributed by atoms with Gasteiger partial charge in [-0.15, -0.1) is 0 Å². The van der Waals surface area contributed by atoms with Gasteiger partial charge in [0.15, 0.2) is 23.2 Å². The summed E-state index contributed by atoms with van der Waals surface area (Å²) in [5.74, 6) is 0.889. The van der Waals surface area contributed by atoms with Crippen molar-refractivity contribution in [1.29, 1.82) is 0 Å². The van der Waals surface area contributed by atoms with Crippen molar-refractivity contribution in [2.45, 2.75) is 45.1 Å². The van der Waals surface area contributed by atoms with E-state index in [1.165, 1.54) is 7.11 Å². The van der Waals surface area contributed by atoms with Crippen molar-refractivity contribution in [3.05, 3.63) is 54.0 Å². The molecular weight excluding hydrogens is 536 g/mol. The fraction of sp³-hybridized carbons (Fsp3) is 0.400. The lowest BCUT2D eigenvalue weighted by Gasteiger charge is -2.33. The summed E-state index contributed by atoms with van der Waals surface area (Å²) in [5, 5.41) is 6.37. The van der Waals surface area contributed by atoms with Crippen LogP contribution in [0.2, 0.25) is 0 Å². The number of fused-ring (bicyclic) bond motifs is 1. The lowest BCUT2D eigenvalue weighted by Crippen LogP contribution is -2.41. The van der Waals surface area contributed by atoms with Gasteiger partial charge in [-0.05, 0) is 63.3 Å². The summed E-state index contributed by atoms with van der Waals surface area (Å²) in [7, 11) is 4.91. The molecular formula is C30H36N8O4. The second-order valence-corrected chi connectivity index (χ2v) is 11.2. The van der Waals surface area contributed by atoms with E-state index in [1.54, 1.807) is 24.3 Å². The number of nitrogens with zero attached hydrogens (tertiary/aromatic N) is 6. The van der Waals surface area contributed by atoms with Crippen LogP contribution in [0.1, 0.15) is 55.6 Å². The number of piperidine rings is 1. The van der Waals surface area contributed by atoms with Crippen LogP contribution in [0.3, 0.4) is 0 Å². The maximum atomic E-state index is 12.9. The third-order valence-corrected chi connectivity index (χ3v) is 7.17. The van der Waals surface area contributed by atoms with Crippen LogP contribution in [0.25, 0.3) is 22.6 Å². The molecule has 0 radical (unpaired) electrons. The Kier molecular flexibility index (Phi) is 7.97. The number of imidazole rings is 1. The van der Waals surface area contributed by atoms with Crippen LogP contribution in [0, 0.1) is 0 Å². The van der Waals surface area contributed by atoms with Crippen LogP contribution in [0.5, 0.6) is 0 Å². The Hall–Kier alpha value is -4.74. The van der Waals surface area contributed by atoms with E-state index in [4.69, 9.17) is 19.4 Å². The average molecular weight is 573 g/mol. The van der Waals surface area contributed by atoms with Crippen molar-refractivity contribution >= 4 is 40.4 Å². The third-order valence-electron chi connectivity index (χ3n) is 7.17. The quantitative estimate of drug-likeness (QED) is 0.300. The van der Waals surface area contributed by atoms with Crippen LogP contribution in [0.4, 0.5) is 22.1 Å². The molecule has 3 aromatic heterocycles. The molecule has 12 heteroatoms. The van der Waals surface area contributed by atoms with Crippen molar-refractivity contribution in [2.24, 2.45) is 7.05 Å². The number of pyridine rings is 1. The number of rotatable bonds is 6. The number of nitrogens with one attached hydrogen (secondary N) is 2. The van der Waals surface area contributed by atoms with Crippen molar-refractivity contribution < 1.29 is 19.1 Å². The Balaban J connectivity index is 1.41. The van der Waals surface area contributed by atoms with E-state index in [1.807, 2.05) is 56.7 Å². The molecule has 0 bridgehead atoms. The molecule has 12 nitrogen and oxygen atoms in total. The number of aromatic nitrogens is 5. The third kappa shape index (κ3) is 5.97. The number of anilines is 3. The molecule has 0 saturated carbocycles. The van der Waals surface area contributed by atoms with E-state index in [0.29, 0.717) is 30.4 Å². The number of hydrogen-bond donors (Lipinski definition) is 2. The maximum absolute atomic E-state index is 12.9. The van der Waals surface area contributed by atoms with E-state index in [2.05, 4.69) is 26.7 Å². The molecule has 0 spiro atoms. The number of aryl methyl sites for hydroxylation is 1. The topological polar surface area (TPSA) is 136 Å². The first-order chi connectivity index (χ1) is 20.1. The predicted molar refractivity (Wildman–Crippen MR) is 160 cm³/mol. The van der Waals surface area contributed by atoms with Crippen LogP contribution in [0.15, 0.2) is 42.7 Å². The smallest absolute Gasteiger partial charge is 0.410 e. The van der Waals surface area contributed by atoms with Gasteiger partial charge in [0.1, 0.15) is 11.3 Å². The van der Waals surface area contributed by atoms with Crippen molar-refractivity contribution in [1.82, 2.24) is 29.4 Å². The molecule has 42 heavy (non-hydrogen) atoms. The van der Waals surface area contributed by atoms with E-state index in [0.717, 1.165) is 35.1 Å². The molecule has 5 rings (SSSR count). The van der Waals surface area contributed by atoms with E-state index in [-0.39, 0.29) is 23.5 Å². The molecule has 1 saturated heterocycles. The number of methoxy groups -OCH3 is 1. The fourth-order valence-electron chi connectivity index (χ4n) is 5.07. The molecule has 0 unspecified atom stereocenters. The molecule has 1 fully saturated rings. The van der Waals surface area contributed by atoms with Crippen LogP contribution in [-0.4, -0.2) is 74.3 Å². The summed E-state index contributed by atoms with van der Waals surface area (Å²) in [6, 6.07) is 9.81. The maximum Gasteiger partial charge on any atom is 0.410 e. The van der Waals surface area contributed by atoms with Gasteiger partial charge >= 0.3 is 12.1 Å². The number of carbonyl (C=O) groups excluding carboxylic acids is 2. The summed E-state index contributed by atoms with van der Waals surface area (Å²) in [6.45, 7) is 6.87. The first kappa shape index (κ1) is 28.8. The minimum atomic E-state index is -0.625. The molecule has 1 aliphatic heterocycles. The number of hydrogen-bond acceptors (Lipinski definition) is 10. The predicted octanol–water partition coefficient (Wildman–Crippen LogP) is 5.11. The molecule has 0 atom stereocenters. The zero-order valence-corrected chi connectivity index (χ0v) is 24.8. The molecule has 1 amide bonds. The Morgan fingerprint density at radius 3 is 2.48 bits per heavy atom. The first-order valence-corrected chi connectivity index (χ1v) is 13.9. The number of esters is 1. The second kappa shape index (κ2) is 11.6. The Labute approximate surface area is 244 Å². The van der Waals surface area contributed by atoms with E-state index < -0.39 is 11.6 Å². The Morgan fingerprint density at radius 1 is 1.05 bits per heavy atom. The number of benzene rings is 1. The number of amides is 1. The summed E-state index contributed by atoms with van der Waals surface area (Å²) >= 11 is 0. The monoisotopic (exact) mass is 572 g/mol. The summed E-state index contributed by atoms with van der Waals surface area (Å²) in [4.78, 5) is 45.4. The van der Waals surface area contributed by atoms with Crippen LogP contribution >= 0.6 is 0 Å². The van der Waals surface area contributed by atoms with Crippen molar-refractivity contribution in [3.63, 3.8) is 0 Å². The molecule has 220 valence electrons. The molecule has 4 aromatic rings. The normalized spacial score (nSPS) is 14.1. The summed E-state index contributed by atoms with van der Waals surface area (Å²) < 4.78 is 12.5. The highest BCUT2D eigenvalue weighted by Crippen LogP contribution is 2.33. The minimum Gasteiger partial charge on any atom is -0.464 e. The van der Waals surface area contributed by atoms with Gasteiger partial charge in [-0.2, -0.15) is 0 Å². The second-order valence-electron chi connectivity index (χ2n) is 11.2. The van der Waals surface area contributed by atoms with Gasteiger partial charge in [0, 0.05) is 39.1 Å². The van der Waals surface area contributed by atoms with Gasteiger partial charge in [0.25, 0.3) is 0 Å². The highest BCUT2D eigenvalue weighted by molar-refractivity contribution is 5.95.